The first-order valence-electron chi connectivity index (χ1n) is 11.2. The Hall–Kier alpha value is -4.10. The van der Waals surface area contributed by atoms with Gasteiger partial charge in [-0.05, 0) is 35.4 Å². The first-order chi connectivity index (χ1) is 18.0. The van der Waals surface area contributed by atoms with E-state index >= 15 is 0 Å². The van der Waals surface area contributed by atoms with Gasteiger partial charge in [0.25, 0.3) is 20.0 Å². The molecule has 0 radical (unpaired) electrons. The molecule has 0 saturated heterocycles. The minimum absolute atomic E-state index is 0.416. The van der Waals surface area contributed by atoms with E-state index in [1.807, 2.05) is 0 Å². The number of hydrogen-bond acceptors (Lipinski definition) is 8. The Balaban J connectivity index is 1.94. The fourth-order valence-corrected chi connectivity index (χ4v) is 6.86. The number of sulfonamides is 2. The van der Waals surface area contributed by atoms with Gasteiger partial charge in [0.2, 0.25) is 0 Å². The highest BCUT2D eigenvalue weighted by molar-refractivity contribution is 7.92. The van der Waals surface area contributed by atoms with Crippen LogP contribution in [0.4, 0.5) is 0 Å². The van der Waals surface area contributed by atoms with Crippen molar-refractivity contribution in [3.63, 3.8) is 0 Å². The lowest BCUT2D eigenvalue weighted by Gasteiger charge is -2.33. The van der Waals surface area contributed by atoms with E-state index in [0.29, 0.717) is 20.0 Å². The summed E-state index contributed by atoms with van der Waals surface area (Å²) in [6, 6.07) is 22.3. The van der Waals surface area contributed by atoms with E-state index in [9.17, 15) is 37.3 Å². The van der Waals surface area contributed by atoms with Crippen molar-refractivity contribution in [3.05, 3.63) is 108 Å². The number of phenols is 4. The van der Waals surface area contributed by atoms with Gasteiger partial charge in [-0.2, -0.15) is 0 Å². The molecule has 12 heteroatoms. The van der Waals surface area contributed by atoms with Gasteiger partial charge in [-0.3, -0.25) is 0 Å². The van der Waals surface area contributed by atoms with Crippen molar-refractivity contribution in [3.8, 4) is 23.0 Å². The quantitative estimate of drug-likeness (QED) is 0.180. The molecule has 0 aliphatic carbocycles. The van der Waals surface area contributed by atoms with Gasteiger partial charge in [0.1, 0.15) is 0 Å². The number of rotatable bonds is 9. The standard InChI is InChI=1S/C26H24N2O8S2/c29-23-13-11-21(15-25(23)31)37(33,34)27(17-19-7-3-1-4-8-19)28(18-20-9-5-2-6-10-20)38(35,36)22-12-14-24(30)26(32)16-22/h1-16,29-32H,17-18H2. The first kappa shape index (κ1) is 26.9. The highest BCUT2D eigenvalue weighted by Gasteiger charge is 2.39. The molecule has 0 fully saturated rings. The van der Waals surface area contributed by atoms with E-state index in [4.69, 9.17) is 0 Å². The summed E-state index contributed by atoms with van der Waals surface area (Å²) in [5.74, 6) is -2.50. The highest BCUT2D eigenvalue weighted by Crippen LogP contribution is 2.34. The van der Waals surface area contributed by atoms with Crippen LogP contribution in [0.15, 0.2) is 107 Å². The molecular formula is C26H24N2O8S2. The lowest BCUT2D eigenvalue weighted by Crippen LogP contribution is -2.48. The Morgan fingerprint density at radius 3 is 1.13 bits per heavy atom. The van der Waals surface area contributed by atoms with Crippen molar-refractivity contribution in [2.75, 3.05) is 0 Å². The summed E-state index contributed by atoms with van der Waals surface area (Å²) < 4.78 is 57.2. The summed E-state index contributed by atoms with van der Waals surface area (Å²) in [7, 11) is -9.34. The van der Waals surface area contributed by atoms with Crippen molar-refractivity contribution >= 4 is 20.0 Å². The van der Waals surface area contributed by atoms with Gasteiger partial charge >= 0.3 is 0 Å². The van der Waals surface area contributed by atoms with Crippen LogP contribution in [0.25, 0.3) is 0 Å². The summed E-state index contributed by atoms with van der Waals surface area (Å²) in [5, 5.41) is 39.4. The number of hydrogen-bond donors (Lipinski definition) is 4. The molecule has 0 atom stereocenters. The Bertz CT molecular complexity index is 1520. The molecule has 4 rings (SSSR count). The van der Waals surface area contributed by atoms with Gasteiger partial charge in [-0.15, -0.1) is 8.83 Å². The van der Waals surface area contributed by atoms with Crippen LogP contribution in [-0.2, 0) is 33.1 Å². The summed E-state index contributed by atoms with van der Waals surface area (Å²) >= 11 is 0. The molecule has 4 aromatic rings. The van der Waals surface area contributed by atoms with E-state index in [1.165, 1.54) is 0 Å². The number of aromatic hydroxyl groups is 4. The molecule has 0 spiro atoms. The molecule has 198 valence electrons. The van der Waals surface area contributed by atoms with Crippen LogP contribution in [0.3, 0.4) is 0 Å². The Kier molecular flexibility index (Phi) is 7.60. The zero-order valence-electron chi connectivity index (χ0n) is 19.8. The monoisotopic (exact) mass is 556 g/mol. The molecule has 38 heavy (non-hydrogen) atoms. The minimum Gasteiger partial charge on any atom is -0.504 e. The van der Waals surface area contributed by atoms with E-state index in [1.54, 1.807) is 60.7 Å². The molecule has 10 nitrogen and oxygen atoms in total. The van der Waals surface area contributed by atoms with Crippen LogP contribution < -0.4 is 0 Å². The third-order valence-corrected chi connectivity index (χ3v) is 9.18. The fourth-order valence-electron chi connectivity index (χ4n) is 3.62. The van der Waals surface area contributed by atoms with Crippen molar-refractivity contribution in [2.24, 2.45) is 0 Å². The molecule has 0 saturated carbocycles. The largest absolute Gasteiger partial charge is 0.504 e. The second kappa shape index (κ2) is 10.7. The topological polar surface area (TPSA) is 156 Å². The van der Waals surface area contributed by atoms with Crippen LogP contribution in [0.1, 0.15) is 11.1 Å². The first-order valence-corrected chi connectivity index (χ1v) is 14.1. The molecule has 0 amide bonds. The number of hydrazine groups is 1. The van der Waals surface area contributed by atoms with Crippen LogP contribution in [0.2, 0.25) is 0 Å². The average molecular weight is 557 g/mol. The molecule has 0 heterocycles. The summed E-state index contributed by atoms with van der Waals surface area (Å²) in [5.41, 5.74) is 0.918. The van der Waals surface area contributed by atoms with Gasteiger partial charge in [-0.25, -0.2) is 16.8 Å². The molecule has 4 aromatic carbocycles. The molecule has 0 aliphatic heterocycles. The van der Waals surface area contributed by atoms with Crippen molar-refractivity contribution in [2.45, 2.75) is 22.9 Å². The van der Waals surface area contributed by atoms with Gasteiger partial charge in [0.15, 0.2) is 23.0 Å². The van der Waals surface area contributed by atoms with Gasteiger partial charge in [0, 0.05) is 12.1 Å². The predicted molar refractivity (Wildman–Crippen MR) is 138 cm³/mol. The smallest absolute Gasteiger partial charge is 0.257 e. The molecule has 4 N–H and O–H groups in total. The maximum absolute atomic E-state index is 14.0. The predicted octanol–water partition coefficient (Wildman–Crippen LogP) is 3.51. The summed E-state index contributed by atoms with van der Waals surface area (Å²) in [6.45, 7) is -0.831. The number of phenolic OH excluding ortho intramolecular Hbond substituents is 4. The molecule has 0 aliphatic rings. The molecule has 0 unspecified atom stereocenters. The van der Waals surface area contributed by atoms with Gasteiger partial charge < -0.3 is 20.4 Å². The zero-order chi connectivity index (χ0) is 27.5. The molecule has 0 aromatic heterocycles. The third-order valence-electron chi connectivity index (χ3n) is 5.61. The normalized spacial score (nSPS) is 12.2. The van der Waals surface area contributed by atoms with E-state index < -0.39 is 65.9 Å². The number of benzene rings is 4. The molecular weight excluding hydrogens is 532 g/mol. The second-order valence-electron chi connectivity index (χ2n) is 8.24. The average Bonchev–Trinajstić information content (AvgIpc) is 2.90. The molecule has 0 bridgehead atoms. The highest BCUT2D eigenvalue weighted by atomic mass is 32.2. The Morgan fingerprint density at radius 1 is 0.474 bits per heavy atom. The van der Waals surface area contributed by atoms with Gasteiger partial charge in [-0.1, -0.05) is 60.7 Å². The Labute approximate surface area is 220 Å². The maximum atomic E-state index is 14.0. The van der Waals surface area contributed by atoms with Crippen molar-refractivity contribution in [1.82, 2.24) is 8.83 Å². The second-order valence-corrected chi connectivity index (χ2v) is 11.9. The van der Waals surface area contributed by atoms with Crippen LogP contribution in [-0.4, -0.2) is 46.1 Å². The SMILES string of the molecule is O=S(=O)(c1ccc(O)c(O)c1)N(Cc1ccccc1)N(Cc1ccccc1)S(=O)(=O)c1ccc(O)c(O)c1. The fraction of sp³-hybridized carbons (Fsp3) is 0.0769. The van der Waals surface area contributed by atoms with Crippen molar-refractivity contribution < 1.29 is 37.3 Å². The van der Waals surface area contributed by atoms with Gasteiger partial charge in [0.05, 0.1) is 22.9 Å². The van der Waals surface area contributed by atoms with E-state index in [0.717, 1.165) is 36.4 Å². The lowest BCUT2D eigenvalue weighted by molar-refractivity contribution is 0.146. The Morgan fingerprint density at radius 2 is 0.816 bits per heavy atom. The van der Waals surface area contributed by atoms with Crippen molar-refractivity contribution in [1.29, 1.82) is 0 Å². The van der Waals surface area contributed by atoms with E-state index in [2.05, 4.69) is 0 Å². The van der Waals surface area contributed by atoms with Crippen LogP contribution in [0.5, 0.6) is 23.0 Å². The number of nitrogens with zero attached hydrogens (tertiary/aromatic N) is 2. The van der Waals surface area contributed by atoms with E-state index in [-0.39, 0.29) is 0 Å². The minimum atomic E-state index is -4.67. The zero-order valence-corrected chi connectivity index (χ0v) is 21.4. The summed E-state index contributed by atoms with van der Waals surface area (Å²) in [6.07, 6.45) is 0. The maximum Gasteiger partial charge on any atom is 0.257 e. The van der Waals surface area contributed by atoms with Crippen LogP contribution >= 0.6 is 0 Å². The third kappa shape index (κ3) is 5.58. The lowest BCUT2D eigenvalue weighted by atomic mass is 10.2. The summed E-state index contributed by atoms with van der Waals surface area (Å²) in [4.78, 5) is -0.934. The van der Waals surface area contributed by atoms with Crippen LogP contribution in [0, 0.1) is 0 Å².